The van der Waals surface area contributed by atoms with Gasteiger partial charge in [0.1, 0.15) is 6.04 Å². The number of carbonyl (C=O) groups is 1. The fourth-order valence-corrected chi connectivity index (χ4v) is 2.29. The molecule has 1 aromatic carbocycles. The van der Waals surface area contributed by atoms with Crippen LogP contribution in [0.2, 0.25) is 0 Å². The van der Waals surface area contributed by atoms with Crippen LogP contribution in [0, 0.1) is 0 Å². The molecule has 1 aromatic heterocycles. The van der Waals surface area contributed by atoms with Crippen LogP contribution in [0.5, 0.6) is 0 Å². The van der Waals surface area contributed by atoms with Gasteiger partial charge in [-0.15, -0.1) is 0 Å². The van der Waals surface area contributed by atoms with Crippen LogP contribution in [0.3, 0.4) is 0 Å². The van der Waals surface area contributed by atoms with E-state index in [0.717, 1.165) is 23.7 Å². The number of nitrogens with two attached hydrogens (primary N) is 1. The molecule has 5 nitrogen and oxygen atoms in total. The Kier molecular flexibility index (Phi) is 4.27. The molecule has 1 heterocycles. The summed E-state index contributed by atoms with van der Waals surface area (Å²) in [5.41, 5.74) is 7.37. The Morgan fingerprint density at radius 3 is 2.75 bits per heavy atom. The van der Waals surface area contributed by atoms with Crippen molar-refractivity contribution in [3.05, 3.63) is 24.4 Å². The highest BCUT2D eigenvalue weighted by Gasteiger charge is 2.19. The number of nitrogens with zero attached hydrogens (tertiary/aromatic N) is 2. The molecule has 3 N–H and O–H groups in total. The highest BCUT2D eigenvalue weighted by Crippen LogP contribution is 2.20. The van der Waals surface area contributed by atoms with Crippen molar-refractivity contribution < 1.29 is 4.79 Å². The predicted octanol–water partition coefficient (Wildman–Crippen LogP) is 2.48. The quantitative estimate of drug-likeness (QED) is 0.823. The number of rotatable bonds is 5. The third kappa shape index (κ3) is 2.76. The van der Waals surface area contributed by atoms with Gasteiger partial charge in [0.15, 0.2) is 0 Å². The third-order valence-electron chi connectivity index (χ3n) is 3.70. The van der Waals surface area contributed by atoms with E-state index in [-0.39, 0.29) is 18.0 Å². The van der Waals surface area contributed by atoms with Gasteiger partial charge in [0.25, 0.3) is 0 Å². The van der Waals surface area contributed by atoms with Gasteiger partial charge in [-0.2, -0.15) is 5.10 Å². The second-order valence-corrected chi connectivity index (χ2v) is 5.11. The molecule has 1 unspecified atom stereocenters. The summed E-state index contributed by atoms with van der Waals surface area (Å²) in [6.45, 7) is 6.00. The number of hydrogen-bond donors (Lipinski definition) is 2. The zero-order valence-electron chi connectivity index (χ0n) is 12.3. The van der Waals surface area contributed by atoms with E-state index in [2.05, 4.69) is 24.3 Å². The van der Waals surface area contributed by atoms with Gasteiger partial charge in [-0.1, -0.05) is 13.8 Å². The molecule has 0 bridgehead atoms. The second-order valence-electron chi connectivity index (χ2n) is 5.11. The zero-order chi connectivity index (χ0) is 14.7. The van der Waals surface area contributed by atoms with Crippen LogP contribution in [-0.2, 0) is 4.79 Å². The van der Waals surface area contributed by atoms with E-state index in [1.54, 1.807) is 10.9 Å². The predicted molar refractivity (Wildman–Crippen MR) is 81.4 cm³/mol. The molecule has 0 saturated heterocycles. The van der Waals surface area contributed by atoms with E-state index < -0.39 is 0 Å². The van der Waals surface area contributed by atoms with E-state index in [1.807, 2.05) is 25.1 Å². The number of carbonyl (C=O) groups excluding carboxylic acids is 1. The molecule has 2 aromatic rings. The minimum Gasteiger partial charge on any atom is -0.399 e. The monoisotopic (exact) mass is 274 g/mol. The lowest BCUT2D eigenvalue weighted by atomic mass is 10.1. The Hall–Kier alpha value is -2.04. The SMILES string of the molecule is CCC(CC)NC(=O)C(C)n1ncc2ccc(N)cc21. The smallest absolute Gasteiger partial charge is 0.244 e. The summed E-state index contributed by atoms with van der Waals surface area (Å²) >= 11 is 0. The summed E-state index contributed by atoms with van der Waals surface area (Å²) in [6, 6.07) is 5.47. The van der Waals surface area contributed by atoms with E-state index >= 15 is 0 Å². The zero-order valence-corrected chi connectivity index (χ0v) is 12.3. The first-order chi connectivity index (χ1) is 9.56. The van der Waals surface area contributed by atoms with E-state index in [4.69, 9.17) is 5.73 Å². The molecule has 0 radical (unpaired) electrons. The van der Waals surface area contributed by atoms with Crippen LogP contribution < -0.4 is 11.1 Å². The molecular weight excluding hydrogens is 252 g/mol. The standard InChI is InChI=1S/C15H22N4O/c1-4-13(5-2)18-15(20)10(3)19-14-8-12(16)7-6-11(14)9-17-19/h6-10,13H,4-5,16H2,1-3H3,(H,18,20). The maximum Gasteiger partial charge on any atom is 0.244 e. The summed E-state index contributed by atoms with van der Waals surface area (Å²) in [7, 11) is 0. The molecule has 1 amide bonds. The van der Waals surface area contributed by atoms with Crippen molar-refractivity contribution in [1.82, 2.24) is 15.1 Å². The maximum absolute atomic E-state index is 12.3. The van der Waals surface area contributed by atoms with E-state index in [9.17, 15) is 4.79 Å². The fourth-order valence-electron chi connectivity index (χ4n) is 2.29. The lowest BCUT2D eigenvalue weighted by Gasteiger charge is -2.19. The fraction of sp³-hybridized carbons (Fsp3) is 0.467. The summed E-state index contributed by atoms with van der Waals surface area (Å²) in [5, 5.41) is 8.36. The molecule has 0 spiro atoms. The number of benzene rings is 1. The number of hydrogen-bond acceptors (Lipinski definition) is 3. The summed E-state index contributed by atoms with van der Waals surface area (Å²) < 4.78 is 1.73. The molecule has 0 saturated carbocycles. The van der Waals surface area contributed by atoms with Gasteiger partial charge in [-0.3, -0.25) is 9.48 Å². The van der Waals surface area contributed by atoms with Gasteiger partial charge in [-0.25, -0.2) is 0 Å². The third-order valence-corrected chi connectivity index (χ3v) is 3.70. The first-order valence-corrected chi connectivity index (χ1v) is 7.09. The lowest BCUT2D eigenvalue weighted by Crippen LogP contribution is -2.38. The van der Waals surface area contributed by atoms with Crippen LogP contribution in [0.4, 0.5) is 5.69 Å². The number of nitrogen functional groups attached to an aromatic ring is 1. The second kappa shape index (κ2) is 5.94. The molecule has 20 heavy (non-hydrogen) atoms. The van der Waals surface area contributed by atoms with Crippen molar-refractivity contribution in [2.75, 3.05) is 5.73 Å². The minimum absolute atomic E-state index is 0.00822. The van der Waals surface area contributed by atoms with Gasteiger partial charge >= 0.3 is 0 Å². The Bertz CT molecular complexity index is 601. The van der Waals surface area contributed by atoms with Crippen molar-refractivity contribution >= 4 is 22.5 Å². The van der Waals surface area contributed by atoms with Crippen molar-refractivity contribution in [3.8, 4) is 0 Å². The molecule has 0 fully saturated rings. The van der Waals surface area contributed by atoms with Gasteiger partial charge in [0.2, 0.25) is 5.91 Å². The van der Waals surface area contributed by atoms with E-state index in [1.165, 1.54) is 0 Å². The first kappa shape index (κ1) is 14.4. The number of amides is 1. The van der Waals surface area contributed by atoms with Gasteiger partial charge in [-0.05, 0) is 38.0 Å². The van der Waals surface area contributed by atoms with Crippen LogP contribution in [0.15, 0.2) is 24.4 Å². The Balaban J connectivity index is 2.24. The van der Waals surface area contributed by atoms with Gasteiger partial charge in [0, 0.05) is 17.1 Å². The summed E-state index contributed by atoms with van der Waals surface area (Å²) in [5.74, 6) is -0.00822. The maximum atomic E-state index is 12.3. The van der Waals surface area contributed by atoms with Crippen LogP contribution >= 0.6 is 0 Å². The highest BCUT2D eigenvalue weighted by atomic mass is 16.2. The number of nitrogens with one attached hydrogen (secondary N) is 1. The largest absolute Gasteiger partial charge is 0.399 e. The number of aromatic nitrogens is 2. The highest BCUT2D eigenvalue weighted by molar-refractivity contribution is 5.86. The first-order valence-electron chi connectivity index (χ1n) is 7.09. The van der Waals surface area contributed by atoms with Crippen molar-refractivity contribution in [3.63, 3.8) is 0 Å². The molecule has 1 atom stereocenters. The Labute approximate surface area is 119 Å². The molecule has 2 rings (SSSR count). The summed E-state index contributed by atoms with van der Waals surface area (Å²) in [6.07, 6.45) is 3.62. The minimum atomic E-state index is -0.352. The van der Waals surface area contributed by atoms with Crippen LogP contribution in [0.1, 0.15) is 39.7 Å². The van der Waals surface area contributed by atoms with Crippen LogP contribution in [-0.4, -0.2) is 21.7 Å². The summed E-state index contributed by atoms with van der Waals surface area (Å²) in [4.78, 5) is 12.3. The Morgan fingerprint density at radius 1 is 1.40 bits per heavy atom. The Morgan fingerprint density at radius 2 is 2.10 bits per heavy atom. The average Bonchev–Trinajstić information content (AvgIpc) is 2.86. The van der Waals surface area contributed by atoms with Crippen LogP contribution in [0.25, 0.3) is 10.9 Å². The van der Waals surface area contributed by atoms with Gasteiger partial charge < -0.3 is 11.1 Å². The molecule has 108 valence electrons. The molecule has 0 aliphatic heterocycles. The molecule has 5 heteroatoms. The van der Waals surface area contributed by atoms with Gasteiger partial charge in [0.05, 0.1) is 11.7 Å². The molecular formula is C15H22N4O. The number of fused-ring (bicyclic) bond motifs is 1. The topological polar surface area (TPSA) is 72.9 Å². The normalized spacial score (nSPS) is 12.8. The molecule has 0 aliphatic rings. The molecule has 0 aliphatic carbocycles. The van der Waals surface area contributed by atoms with E-state index in [0.29, 0.717) is 5.69 Å². The van der Waals surface area contributed by atoms with Crippen molar-refractivity contribution in [2.45, 2.75) is 45.7 Å². The van der Waals surface area contributed by atoms with Crippen molar-refractivity contribution in [2.24, 2.45) is 0 Å². The number of anilines is 1. The van der Waals surface area contributed by atoms with Crippen molar-refractivity contribution in [1.29, 1.82) is 0 Å². The average molecular weight is 274 g/mol. The lowest BCUT2D eigenvalue weighted by molar-refractivity contribution is -0.124.